The van der Waals surface area contributed by atoms with Gasteiger partial charge in [0.15, 0.2) is 5.11 Å². The Labute approximate surface area is 162 Å². The van der Waals surface area contributed by atoms with Crippen molar-refractivity contribution in [1.29, 1.82) is 0 Å². The van der Waals surface area contributed by atoms with E-state index in [4.69, 9.17) is 12.2 Å². The van der Waals surface area contributed by atoms with Gasteiger partial charge in [-0.3, -0.25) is 0 Å². The van der Waals surface area contributed by atoms with Crippen LogP contribution in [-0.2, 0) is 0 Å². The van der Waals surface area contributed by atoms with Gasteiger partial charge in [0.05, 0.1) is 20.1 Å². The van der Waals surface area contributed by atoms with Crippen molar-refractivity contribution >= 4 is 34.8 Å². The van der Waals surface area contributed by atoms with Gasteiger partial charge in [0.1, 0.15) is 12.6 Å². The lowest BCUT2D eigenvalue weighted by Gasteiger charge is -2.39. The summed E-state index contributed by atoms with van der Waals surface area (Å²) in [4.78, 5) is 4.24. The second kappa shape index (κ2) is 8.79. The molecule has 1 aliphatic rings. The molecule has 2 aromatic rings. The third-order valence-electron chi connectivity index (χ3n) is 4.47. The smallest absolute Gasteiger partial charge is 0.288 e. The molecule has 1 heterocycles. The molecule has 1 fully saturated rings. The van der Waals surface area contributed by atoms with Crippen molar-refractivity contribution in [1.82, 2.24) is 4.90 Å². The average Bonchev–Trinajstić information content (AvgIpc) is 2.63. The predicted molar refractivity (Wildman–Crippen MR) is 107 cm³/mol. The van der Waals surface area contributed by atoms with E-state index in [0.29, 0.717) is 21.8 Å². The molecular weight excluding hydrogens is 372 g/mol. The van der Waals surface area contributed by atoms with E-state index in [2.05, 4.69) is 29.4 Å². The minimum absolute atomic E-state index is 0.221. The van der Waals surface area contributed by atoms with Crippen LogP contribution in [0.2, 0.25) is 0 Å². The number of hydrogen-bond acceptors (Lipinski definition) is 2. The molecule has 1 aliphatic heterocycles. The molecule has 1 saturated heterocycles. The zero-order chi connectivity index (χ0) is 18.5. The van der Waals surface area contributed by atoms with Crippen molar-refractivity contribution in [3.63, 3.8) is 0 Å². The van der Waals surface area contributed by atoms with E-state index < -0.39 is 5.76 Å². The number of likely N-dealkylation sites (N-methyl/N-ethyl adjacent to an activating group) is 1. The molecule has 0 saturated carbocycles. The molecule has 0 radical (unpaired) electrons. The van der Waals surface area contributed by atoms with Gasteiger partial charge in [-0.15, -0.1) is 0 Å². The van der Waals surface area contributed by atoms with Crippen molar-refractivity contribution in [2.45, 2.75) is 16.7 Å². The Morgan fingerprint density at radius 1 is 1.19 bits per heavy atom. The lowest BCUT2D eigenvalue weighted by molar-refractivity contribution is -0.887. The second-order valence-electron chi connectivity index (χ2n) is 6.36. The van der Waals surface area contributed by atoms with Gasteiger partial charge in [-0.1, -0.05) is 42.1 Å². The van der Waals surface area contributed by atoms with E-state index in [0.717, 1.165) is 25.3 Å². The van der Waals surface area contributed by atoms with Gasteiger partial charge < -0.3 is 15.1 Å². The summed E-state index contributed by atoms with van der Waals surface area (Å²) in [6.45, 7) is 2.88. The number of halogens is 2. The molecule has 0 spiro atoms. The fourth-order valence-corrected chi connectivity index (χ4v) is 3.98. The molecule has 2 N–H and O–H groups in total. The van der Waals surface area contributed by atoms with Crippen molar-refractivity contribution in [3.05, 3.63) is 60.2 Å². The first-order chi connectivity index (χ1) is 12.5. The Morgan fingerprint density at radius 2 is 1.88 bits per heavy atom. The first-order valence-electron chi connectivity index (χ1n) is 8.51. The summed E-state index contributed by atoms with van der Waals surface area (Å²) in [6, 6.07) is 17.5. The number of benzene rings is 2. The van der Waals surface area contributed by atoms with Crippen LogP contribution in [0.3, 0.4) is 0 Å². The highest BCUT2D eigenvalue weighted by atomic mass is 32.2. The number of nitrogens with one attached hydrogen (secondary N) is 2. The van der Waals surface area contributed by atoms with Crippen LogP contribution >= 0.6 is 24.0 Å². The highest BCUT2D eigenvalue weighted by Gasteiger charge is 2.30. The van der Waals surface area contributed by atoms with E-state index in [1.54, 1.807) is 24.3 Å². The number of quaternary nitrogens is 1. The summed E-state index contributed by atoms with van der Waals surface area (Å²) in [5, 5.41) is 3.93. The molecule has 1 unspecified atom stereocenters. The Balaban J connectivity index is 1.71. The summed E-state index contributed by atoms with van der Waals surface area (Å²) in [5.41, 5.74) is 2.06. The Morgan fingerprint density at radius 3 is 2.54 bits per heavy atom. The number of anilines is 1. The zero-order valence-electron chi connectivity index (χ0n) is 14.5. The Kier molecular flexibility index (Phi) is 6.45. The molecule has 0 aromatic heterocycles. The quantitative estimate of drug-likeness (QED) is 0.613. The fourth-order valence-electron chi connectivity index (χ4n) is 3.14. The average molecular weight is 395 g/mol. The molecule has 138 valence electrons. The molecule has 0 bridgehead atoms. The maximum absolute atomic E-state index is 12.4. The molecule has 7 heteroatoms. The largest absolute Gasteiger partial charge is 0.334 e. The van der Waals surface area contributed by atoms with Crippen molar-refractivity contribution in [2.75, 3.05) is 32.0 Å². The van der Waals surface area contributed by atoms with Crippen molar-refractivity contribution < 1.29 is 13.7 Å². The second-order valence-corrected chi connectivity index (χ2v) is 7.81. The van der Waals surface area contributed by atoms with Gasteiger partial charge in [-0.25, -0.2) is 0 Å². The maximum atomic E-state index is 12.4. The molecule has 3 rings (SSSR count). The van der Waals surface area contributed by atoms with Crippen LogP contribution < -0.4 is 10.2 Å². The number of hydrogen-bond donors (Lipinski definition) is 2. The molecule has 26 heavy (non-hydrogen) atoms. The van der Waals surface area contributed by atoms with Gasteiger partial charge in [-0.2, -0.15) is 8.78 Å². The summed E-state index contributed by atoms with van der Waals surface area (Å²) >= 11 is 6.20. The summed E-state index contributed by atoms with van der Waals surface area (Å²) in [5.74, 6) is -2.41. The number of rotatable bonds is 4. The number of piperazine rings is 1. The van der Waals surface area contributed by atoms with Crippen LogP contribution in [0.1, 0.15) is 11.6 Å². The monoisotopic (exact) mass is 394 g/mol. The fraction of sp³-hybridized carbons (Fsp3) is 0.316. The van der Waals surface area contributed by atoms with E-state index in [9.17, 15) is 8.78 Å². The normalized spacial score (nSPS) is 20.2. The lowest BCUT2D eigenvalue weighted by Crippen LogP contribution is -3.12. The highest BCUT2D eigenvalue weighted by molar-refractivity contribution is 7.99. The van der Waals surface area contributed by atoms with Crippen LogP contribution in [0.4, 0.5) is 14.5 Å². The van der Waals surface area contributed by atoms with Gasteiger partial charge in [0, 0.05) is 10.6 Å². The minimum atomic E-state index is -2.41. The Bertz CT molecular complexity index is 725. The molecule has 2 aromatic carbocycles. The zero-order valence-corrected chi connectivity index (χ0v) is 16.1. The minimum Gasteiger partial charge on any atom is -0.334 e. The molecule has 0 aliphatic carbocycles. The molecule has 2 atom stereocenters. The van der Waals surface area contributed by atoms with Gasteiger partial charge >= 0.3 is 0 Å². The van der Waals surface area contributed by atoms with Crippen LogP contribution in [0.15, 0.2) is 59.5 Å². The molecule has 3 nitrogen and oxygen atoms in total. The van der Waals surface area contributed by atoms with E-state index in [-0.39, 0.29) is 6.04 Å². The van der Waals surface area contributed by atoms with Crippen molar-refractivity contribution in [3.8, 4) is 0 Å². The summed E-state index contributed by atoms with van der Waals surface area (Å²) in [7, 11) is 2.20. The maximum Gasteiger partial charge on any atom is 0.288 e. The lowest BCUT2D eigenvalue weighted by atomic mass is 10.0. The number of thiocarbonyl (C=S) groups is 1. The van der Waals surface area contributed by atoms with Gasteiger partial charge in [0.25, 0.3) is 5.76 Å². The SMILES string of the molecule is C[NH+]1CCN(C(=S)Nc2ccc(SC(F)F)cc2)[C@@H](c2ccccc2)C1. The van der Waals surface area contributed by atoms with Crippen LogP contribution in [0, 0.1) is 0 Å². The van der Waals surface area contributed by atoms with Crippen molar-refractivity contribution in [2.24, 2.45) is 0 Å². The standard InChI is InChI=1S/C19H21F2N3S2/c1-23-11-12-24(17(13-23)14-5-3-2-4-6-14)19(25)22-15-7-9-16(10-8-15)26-18(20)21/h2-10,17-18H,11-13H2,1H3,(H,22,25)/p+1/t17-/m1/s1. The van der Waals surface area contributed by atoms with Crippen LogP contribution in [0.25, 0.3) is 0 Å². The van der Waals surface area contributed by atoms with Gasteiger partial charge in [-0.05, 0) is 42.0 Å². The van der Waals surface area contributed by atoms with Crippen LogP contribution in [0.5, 0.6) is 0 Å². The summed E-state index contributed by atoms with van der Waals surface area (Å²) in [6.07, 6.45) is 0. The number of nitrogens with zero attached hydrogens (tertiary/aromatic N) is 1. The van der Waals surface area contributed by atoms with Crippen LogP contribution in [-0.4, -0.2) is 42.5 Å². The van der Waals surface area contributed by atoms with E-state index >= 15 is 0 Å². The predicted octanol–water partition coefficient (Wildman–Crippen LogP) is 3.27. The first kappa shape index (κ1) is 19.1. The third kappa shape index (κ3) is 4.93. The van der Waals surface area contributed by atoms with E-state index in [1.807, 2.05) is 18.2 Å². The van der Waals surface area contributed by atoms with Gasteiger partial charge in [0.2, 0.25) is 0 Å². The third-order valence-corrected chi connectivity index (χ3v) is 5.53. The summed E-state index contributed by atoms with van der Waals surface area (Å²) < 4.78 is 24.9. The first-order valence-corrected chi connectivity index (χ1v) is 9.80. The topological polar surface area (TPSA) is 19.7 Å². The Hall–Kier alpha value is -1.70. The number of thioether (sulfide) groups is 1. The molecular formula is C19H22F2N3S2+. The van der Waals surface area contributed by atoms with E-state index in [1.165, 1.54) is 10.5 Å². The highest BCUT2D eigenvalue weighted by Crippen LogP contribution is 2.27. The molecule has 0 amide bonds. The number of alkyl halides is 2.